The summed E-state index contributed by atoms with van der Waals surface area (Å²) in [5, 5.41) is 11.6. The third-order valence-corrected chi connectivity index (χ3v) is 3.13. The van der Waals surface area contributed by atoms with Gasteiger partial charge in [0.15, 0.2) is 5.84 Å². The molecule has 0 unspecified atom stereocenters. The van der Waals surface area contributed by atoms with Crippen LogP contribution >= 0.6 is 0 Å². The van der Waals surface area contributed by atoms with Crippen molar-refractivity contribution in [2.24, 2.45) is 4.99 Å². The number of nitrogens with one attached hydrogen (secondary N) is 1. The van der Waals surface area contributed by atoms with Gasteiger partial charge in [-0.1, -0.05) is 54.6 Å². The van der Waals surface area contributed by atoms with Crippen molar-refractivity contribution in [3.8, 4) is 0 Å². The van der Waals surface area contributed by atoms with Gasteiger partial charge in [-0.3, -0.25) is 10.7 Å². The number of hydrogen-bond donors (Lipinski definition) is 2. The minimum Gasteiger partial charge on any atom is -0.290 e. The smallest absolute Gasteiger partial charge is 0.157 e. The first-order chi connectivity index (χ1) is 9.86. The van der Waals surface area contributed by atoms with E-state index in [1.54, 1.807) is 0 Å². The Morgan fingerprint density at radius 1 is 0.800 bits per heavy atom. The summed E-state index contributed by atoms with van der Waals surface area (Å²) >= 11 is 0. The lowest BCUT2D eigenvalue weighted by atomic mass is 10.1. The van der Waals surface area contributed by atoms with E-state index in [0.717, 1.165) is 22.0 Å². The third kappa shape index (κ3) is 2.53. The minimum atomic E-state index is 0.432. The molecule has 0 heterocycles. The molecule has 0 aliphatic rings. The number of hydrogen-bond acceptors (Lipinski definition) is 2. The van der Waals surface area contributed by atoms with Gasteiger partial charge in [0.2, 0.25) is 0 Å². The first-order valence-corrected chi connectivity index (χ1v) is 6.40. The van der Waals surface area contributed by atoms with E-state index >= 15 is 0 Å². The van der Waals surface area contributed by atoms with Crippen LogP contribution in [0.5, 0.6) is 0 Å². The highest BCUT2D eigenvalue weighted by atomic mass is 16.5. The summed E-state index contributed by atoms with van der Waals surface area (Å²) in [6.07, 6.45) is 0. The number of hydroxylamine groups is 1. The lowest BCUT2D eigenvalue weighted by Crippen LogP contribution is -2.19. The monoisotopic (exact) mass is 262 g/mol. The number of nitrogens with zero attached hydrogens (tertiary/aromatic N) is 1. The second-order valence-corrected chi connectivity index (χ2v) is 4.47. The molecule has 98 valence electrons. The zero-order valence-electron chi connectivity index (χ0n) is 10.8. The zero-order chi connectivity index (χ0) is 13.8. The predicted molar refractivity (Wildman–Crippen MR) is 81.5 cm³/mol. The maximum atomic E-state index is 9.33. The Labute approximate surface area is 117 Å². The standard InChI is InChI=1S/C17H14N2O/c20-19-17(18-16-8-2-1-3-9-16)15-11-10-13-6-4-5-7-14(13)12-15/h1-12,20H,(H,18,19). The van der Waals surface area contributed by atoms with Crippen LogP contribution in [-0.2, 0) is 0 Å². The van der Waals surface area contributed by atoms with Crippen molar-refractivity contribution in [2.45, 2.75) is 0 Å². The van der Waals surface area contributed by atoms with Gasteiger partial charge >= 0.3 is 0 Å². The molecule has 0 radical (unpaired) electrons. The summed E-state index contributed by atoms with van der Waals surface area (Å²) in [7, 11) is 0. The molecule has 0 atom stereocenters. The Bertz CT molecular complexity index is 751. The van der Waals surface area contributed by atoms with Crippen molar-refractivity contribution in [3.05, 3.63) is 78.4 Å². The van der Waals surface area contributed by atoms with Gasteiger partial charge in [-0.25, -0.2) is 4.99 Å². The van der Waals surface area contributed by atoms with Gasteiger partial charge in [0, 0.05) is 5.56 Å². The lowest BCUT2D eigenvalue weighted by Gasteiger charge is -2.06. The third-order valence-electron chi connectivity index (χ3n) is 3.13. The quantitative estimate of drug-likeness (QED) is 0.418. The van der Waals surface area contributed by atoms with E-state index in [9.17, 15) is 5.21 Å². The van der Waals surface area contributed by atoms with E-state index in [2.05, 4.69) is 16.5 Å². The van der Waals surface area contributed by atoms with Crippen LogP contribution in [0.3, 0.4) is 0 Å². The van der Waals surface area contributed by atoms with Gasteiger partial charge < -0.3 is 0 Å². The van der Waals surface area contributed by atoms with Crippen molar-refractivity contribution in [2.75, 3.05) is 0 Å². The summed E-state index contributed by atoms with van der Waals surface area (Å²) in [4.78, 5) is 4.41. The van der Waals surface area contributed by atoms with Gasteiger partial charge in [-0.2, -0.15) is 0 Å². The summed E-state index contributed by atoms with van der Waals surface area (Å²) in [5.41, 5.74) is 3.81. The highest BCUT2D eigenvalue weighted by Gasteiger charge is 2.03. The number of benzene rings is 3. The fourth-order valence-corrected chi connectivity index (χ4v) is 2.12. The topological polar surface area (TPSA) is 44.6 Å². The van der Waals surface area contributed by atoms with Crippen LogP contribution in [0.2, 0.25) is 0 Å². The second kappa shape index (κ2) is 5.55. The minimum absolute atomic E-state index is 0.432. The summed E-state index contributed by atoms with van der Waals surface area (Å²) in [6.45, 7) is 0. The summed E-state index contributed by atoms with van der Waals surface area (Å²) in [6, 6.07) is 23.6. The molecule has 0 bridgehead atoms. The number of fused-ring (bicyclic) bond motifs is 1. The summed E-state index contributed by atoms with van der Waals surface area (Å²) in [5.74, 6) is 0.432. The van der Waals surface area contributed by atoms with Crippen molar-refractivity contribution in [1.29, 1.82) is 0 Å². The van der Waals surface area contributed by atoms with Crippen LogP contribution in [0.15, 0.2) is 77.8 Å². The number of aliphatic imine (C=N–C) groups is 1. The Balaban J connectivity index is 2.05. The van der Waals surface area contributed by atoms with Gasteiger partial charge in [-0.15, -0.1) is 0 Å². The Morgan fingerprint density at radius 2 is 1.50 bits per heavy atom. The van der Waals surface area contributed by atoms with Crippen molar-refractivity contribution >= 4 is 22.3 Å². The van der Waals surface area contributed by atoms with E-state index in [-0.39, 0.29) is 0 Å². The molecule has 3 nitrogen and oxygen atoms in total. The van der Waals surface area contributed by atoms with Crippen molar-refractivity contribution < 1.29 is 5.21 Å². The average molecular weight is 262 g/mol. The highest BCUT2D eigenvalue weighted by molar-refractivity contribution is 6.02. The number of rotatable bonds is 2. The molecule has 3 heteroatoms. The van der Waals surface area contributed by atoms with Gasteiger partial charge in [0.1, 0.15) is 0 Å². The van der Waals surface area contributed by atoms with Gasteiger partial charge in [0.05, 0.1) is 5.69 Å². The zero-order valence-corrected chi connectivity index (χ0v) is 10.8. The molecule has 0 saturated carbocycles. The molecule has 0 aromatic heterocycles. The molecule has 0 saturated heterocycles. The normalized spacial score (nSPS) is 11.6. The molecule has 2 N–H and O–H groups in total. The molecular weight excluding hydrogens is 248 g/mol. The first-order valence-electron chi connectivity index (χ1n) is 6.40. The summed E-state index contributed by atoms with van der Waals surface area (Å²) < 4.78 is 0. The van der Waals surface area contributed by atoms with E-state index in [1.165, 1.54) is 0 Å². The Hall–Kier alpha value is -2.65. The number of amidine groups is 1. The molecule has 0 amide bonds. The SMILES string of the molecule is ONC(=Nc1ccccc1)c1ccc2ccccc2c1. The molecule has 0 aliphatic heterocycles. The number of para-hydroxylation sites is 1. The molecule has 3 rings (SSSR count). The Kier molecular flexibility index (Phi) is 3.44. The largest absolute Gasteiger partial charge is 0.290 e. The van der Waals surface area contributed by atoms with Crippen LogP contribution in [0, 0.1) is 0 Å². The van der Waals surface area contributed by atoms with Crippen molar-refractivity contribution in [1.82, 2.24) is 5.48 Å². The van der Waals surface area contributed by atoms with E-state index in [0.29, 0.717) is 5.84 Å². The molecule has 20 heavy (non-hydrogen) atoms. The van der Waals surface area contributed by atoms with E-state index in [1.807, 2.05) is 66.7 Å². The van der Waals surface area contributed by atoms with E-state index in [4.69, 9.17) is 0 Å². The molecule has 0 fully saturated rings. The Morgan fingerprint density at radius 3 is 2.25 bits per heavy atom. The molecule has 3 aromatic carbocycles. The van der Waals surface area contributed by atoms with Gasteiger partial charge in [0.25, 0.3) is 0 Å². The van der Waals surface area contributed by atoms with Gasteiger partial charge in [-0.05, 0) is 29.0 Å². The fourth-order valence-electron chi connectivity index (χ4n) is 2.12. The van der Waals surface area contributed by atoms with Crippen LogP contribution < -0.4 is 5.48 Å². The highest BCUT2D eigenvalue weighted by Crippen LogP contribution is 2.17. The molecular formula is C17H14N2O. The second-order valence-electron chi connectivity index (χ2n) is 4.47. The van der Waals surface area contributed by atoms with Crippen LogP contribution in [0.1, 0.15) is 5.56 Å². The van der Waals surface area contributed by atoms with Crippen LogP contribution in [0.25, 0.3) is 10.8 Å². The first kappa shape index (κ1) is 12.4. The maximum Gasteiger partial charge on any atom is 0.157 e. The average Bonchev–Trinajstić information content (AvgIpc) is 2.53. The lowest BCUT2D eigenvalue weighted by molar-refractivity contribution is 0.235. The van der Waals surface area contributed by atoms with E-state index < -0.39 is 0 Å². The fraction of sp³-hybridized carbons (Fsp3) is 0. The molecule has 3 aromatic rings. The van der Waals surface area contributed by atoms with Crippen LogP contribution in [0.4, 0.5) is 5.69 Å². The van der Waals surface area contributed by atoms with Crippen molar-refractivity contribution in [3.63, 3.8) is 0 Å². The maximum absolute atomic E-state index is 9.33. The molecule has 0 spiro atoms. The van der Waals surface area contributed by atoms with Crippen LogP contribution in [-0.4, -0.2) is 11.0 Å². The molecule has 0 aliphatic carbocycles. The predicted octanol–water partition coefficient (Wildman–Crippen LogP) is 3.90.